The fraction of sp³-hybridized carbons (Fsp3) is 0.696. The molecule has 7 atom stereocenters. The van der Waals surface area contributed by atoms with E-state index in [4.69, 9.17) is 19.2 Å². The summed E-state index contributed by atoms with van der Waals surface area (Å²) in [5.74, 6) is -1.60. The van der Waals surface area contributed by atoms with Gasteiger partial charge in [-0.3, -0.25) is 29.5 Å². The van der Waals surface area contributed by atoms with Crippen molar-refractivity contribution in [2.24, 2.45) is 11.8 Å². The van der Waals surface area contributed by atoms with Gasteiger partial charge in [-0.1, -0.05) is 85.6 Å². The molecule has 4 rings (SSSR count). The number of nitrogens with zero attached hydrogens (tertiary/aromatic N) is 3. The van der Waals surface area contributed by atoms with E-state index in [1.54, 1.807) is 5.38 Å². The number of likely N-dealkylation sites (tertiary alicyclic amines) is 1. The van der Waals surface area contributed by atoms with Crippen molar-refractivity contribution in [3.63, 3.8) is 0 Å². The Balaban J connectivity index is 1.48. The first kappa shape index (κ1) is 50.5. The molecule has 5 amide bonds. The molecule has 7 unspecified atom stereocenters. The molecule has 0 radical (unpaired) electrons. The monoisotopic (exact) mass is 884 g/mol. The SMILES string of the molecule is CCCOCCOC(=O)NNC(=O)C1CC(NC(=O)c2csc(C(CC(C(C)C)N(CCC)C(=O)C(NC(=O)C3CCCCN3C)C(C)CC)OCCC)n2)Cc2ccccc21. The van der Waals surface area contributed by atoms with Crippen LogP contribution in [0.3, 0.4) is 0 Å². The van der Waals surface area contributed by atoms with Crippen molar-refractivity contribution < 1.29 is 38.2 Å². The number of fused-ring (bicyclic) bond motifs is 1. The summed E-state index contributed by atoms with van der Waals surface area (Å²) in [6.45, 7) is 17.1. The number of ether oxygens (including phenoxy) is 3. The lowest BCUT2D eigenvalue weighted by Crippen LogP contribution is -2.58. The normalized spacial score (nSPS) is 19.7. The number of hydrogen-bond donors (Lipinski definition) is 4. The highest BCUT2D eigenvalue weighted by Crippen LogP contribution is 2.34. The van der Waals surface area contributed by atoms with Crippen LogP contribution in [0.25, 0.3) is 0 Å². The van der Waals surface area contributed by atoms with Crippen LogP contribution in [0, 0.1) is 11.8 Å². The third-order valence-corrected chi connectivity index (χ3v) is 12.9. The first-order chi connectivity index (χ1) is 29.8. The van der Waals surface area contributed by atoms with Crippen LogP contribution in [0.4, 0.5) is 4.79 Å². The quantitative estimate of drug-likeness (QED) is 0.0732. The Morgan fingerprint density at radius 2 is 1.69 bits per heavy atom. The second kappa shape index (κ2) is 25.9. The maximum absolute atomic E-state index is 14.7. The van der Waals surface area contributed by atoms with Gasteiger partial charge < -0.3 is 29.7 Å². The molecule has 62 heavy (non-hydrogen) atoms. The molecule has 0 bridgehead atoms. The number of thiazole rings is 1. The first-order valence-electron chi connectivity index (χ1n) is 22.9. The molecular weight excluding hydrogens is 811 g/mol. The third-order valence-electron chi connectivity index (χ3n) is 11.9. The van der Waals surface area contributed by atoms with Crippen molar-refractivity contribution in [2.75, 3.05) is 46.6 Å². The van der Waals surface area contributed by atoms with Gasteiger partial charge in [-0.15, -0.1) is 11.3 Å². The molecule has 1 aliphatic carbocycles. The van der Waals surface area contributed by atoms with Crippen molar-refractivity contribution in [1.29, 1.82) is 0 Å². The van der Waals surface area contributed by atoms with Crippen molar-refractivity contribution in [3.8, 4) is 0 Å². The number of aromatic nitrogens is 1. The van der Waals surface area contributed by atoms with Gasteiger partial charge in [-0.05, 0) is 81.5 Å². The van der Waals surface area contributed by atoms with E-state index < -0.39 is 30.1 Å². The summed E-state index contributed by atoms with van der Waals surface area (Å²) >= 11 is 1.35. The Hall–Kier alpha value is -4.12. The predicted molar refractivity (Wildman–Crippen MR) is 240 cm³/mol. The molecule has 1 aromatic carbocycles. The Labute approximate surface area is 373 Å². The van der Waals surface area contributed by atoms with Gasteiger partial charge in [0, 0.05) is 43.6 Å². The molecule has 1 aliphatic heterocycles. The number of likely N-dealkylation sites (N-methyl/N-ethyl adjacent to an activating group) is 1. The summed E-state index contributed by atoms with van der Waals surface area (Å²) < 4.78 is 16.9. The largest absolute Gasteiger partial charge is 0.446 e. The summed E-state index contributed by atoms with van der Waals surface area (Å²) in [5, 5.41) is 8.69. The molecule has 1 fully saturated rings. The number of carbonyl (C=O) groups is 5. The molecule has 1 aromatic heterocycles. The molecule has 2 heterocycles. The molecule has 2 aromatic rings. The number of hydrazine groups is 1. The standard InChI is InChI=1S/C46H73N7O8S/c1-9-20-53(45(57)40(31(7)12-4)49-43(56)37-19-15-16-21-52(37)8)38(30(5)6)28-39(60-23-11-3)44-48-36(29-62-44)42(55)47-33-26-32-17-13-14-18-34(32)35(27-33)41(54)50-51-46(58)61-25-24-59-22-10-2/h13-14,17-18,29-31,33,35,37-40H,9-12,15-16,19-28H2,1-8H3,(H,47,55)(H,49,56)(H,50,54)(H,51,58). The van der Waals surface area contributed by atoms with Gasteiger partial charge in [0.25, 0.3) is 5.91 Å². The number of rotatable bonds is 23. The highest BCUT2D eigenvalue weighted by atomic mass is 32.1. The van der Waals surface area contributed by atoms with Gasteiger partial charge in [0.15, 0.2) is 0 Å². The zero-order valence-corrected chi connectivity index (χ0v) is 39.2. The van der Waals surface area contributed by atoms with E-state index in [1.165, 1.54) is 11.3 Å². The molecular formula is C46H73N7O8S. The zero-order valence-electron chi connectivity index (χ0n) is 38.3. The number of benzene rings is 1. The summed E-state index contributed by atoms with van der Waals surface area (Å²) in [7, 11) is 1.98. The Bertz CT molecular complexity index is 1740. The second-order valence-electron chi connectivity index (χ2n) is 17.1. The number of amides is 5. The number of piperidine rings is 1. The van der Waals surface area contributed by atoms with Crippen LogP contribution in [-0.4, -0.2) is 115 Å². The van der Waals surface area contributed by atoms with Crippen molar-refractivity contribution in [3.05, 3.63) is 51.5 Å². The molecule has 15 nitrogen and oxygen atoms in total. The minimum atomic E-state index is -0.792. The van der Waals surface area contributed by atoms with Crippen molar-refractivity contribution in [2.45, 2.75) is 149 Å². The molecule has 346 valence electrons. The maximum Gasteiger partial charge on any atom is 0.426 e. The van der Waals surface area contributed by atoms with Crippen LogP contribution >= 0.6 is 11.3 Å². The summed E-state index contributed by atoms with van der Waals surface area (Å²) in [6.07, 6.45) is 5.97. The van der Waals surface area contributed by atoms with Gasteiger partial charge in [0.2, 0.25) is 17.7 Å². The van der Waals surface area contributed by atoms with Gasteiger partial charge in [0.1, 0.15) is 29.5 Å². The van der Waals surface area contributed by atoms with Gasteiger partial charge in [-0.2, -0.15) is 0 Å². The zero-order chi connectivity index (χ0) is 45.2. The minimum absolute atomic E-state index is 0.0551. The summed E-state index contributed by atoms with van der Waals surface area (Å²) in [5.41, 5.74) is 6.80. The Kier molecular flexibility index (Phi) is 21.1. The van der Waals surface area contributed by atoms with E-state index in [1.807, 2.05) is 63.9 Å². The second-order valence-corrected chi connectivity index (χ2v) is 18.0. The highest BCUT2D eigenvalue weighted by Gasteiger charge is 2.39. The topological polar surface area (TPSA) is 181 Å². The highest BCUT2D eigenvalue weighted by molar-refractivity contribution is 7.09. The third kappa shape index (κ3) is 14.5. The van der Waals surface area contributed by atoms with Crippen LogP contribution < -0.4 is 21.5 Å². The van der Waals surface area contributed by atoms with Gasteiger partial charge >= 0.3 is 6.09 Å². The molecule has 1 saturated heterocycles. The smallest absolute Gasteiger partial charge is 0.426 e. The molecule has 0 saturated carbocycles. The Morgan fingerprint density at radius 3 is 2.39 bits per heavy atom. The van der Waals surface area contributed by atoms with E-state index in [9.17, 15) is 24.0 Å². The van der Waals surface area contributed by atoms with Crippen molar-refractivity contribution >= 4 is 41.1 Å². The Morgan fingerprint density at radius 1 is 0.935 bits per heavy atom. The van der Waals surface area contributed by atoms with E-state index in [0.717, 1.165) is 62.6 Å². The van der Waals surface area contributed by atoms with Crippen LogP contribution in [0.2, 0.25) is 0 Å². The van der Waals surface area contributed by atoms with Crippen LogP contribution in [0.5, 0.6) is 0 Å². The molecule has 0 spiro atoms. The minimum Gasteiger partial charge on any atom is -0.446 e. The van der Waals surface area contributed by atoms with Crippen molar-refractivity contribution in [1.82, 2.24) is 36.3 Å². The molecule has 2 aliphatic rings. The number of nitrogens with one attached hydrogen (secondary N) is 4. The van der Waals surface area contributed by atoms with Crippen LogP contribution in [0.15, 0.2) is 29.6 Å². The fourth-order valence-electron chi connectivity index (χ4n) is 8.33. The van der Waals surface area contributed by atoms with E-state index >= 15 is 0 Å². The van der Waals surface area contributed by atoms with Crippen LogP contribution in [0.1, 0.15) is 145 Å². The maximum atomic E-state index is 14.7. The molecule has 4 N–H and O–H groups in total. The summed E-state index contributed by atoms with van der Waals surface area (Å²) in [6, 6.07) is 6.07. The lowest BCUT2D eigenvalue weighted by molar-refractivity contribution is -0.143. The van der Waals surface area contributed by atoms with Gasteiger partial charge in [-0.25, -0.2) is 15.2 Å². The first-order valence-corrected chi connectivity index (χ1v) is 23.8. The predicted octanol–water partition coefficient (Wildman–Crippen LogP) is 6.29. The summed E-state index contributed by atoms with van der Waals surface area (Å²) in [4.78, 5) is 76.7. The number of hydrogen-bond acceptors (Lipinski definition) is 11. The lowest BCUT2D eigenvalue weighted by Gasteiger charge is -2.40. The van der Waals surface area contributed by atoms with E-state index in [-0.39, 0.29) is 66.6 Å². The molecule has 16 heteroatoms. The number of carbonyl (C=O) groups excluding carboxylic acids is 5. The lowest BCUT2D eigenvalue weighted by atomic mass is 9.79. The fourth-order valence-corrected chi connectivity index (χ4v) is 9.19. The van der Waals surface area contributed by atoms with E-state index in [2.05, 4.69) is 47.2 Å². The van der Waals surface area contributed by atoms with Gasteiger partial charge in [0.05, 0.1) is 18.6 Å². The van der Waals surface area contributed by atoms with E-state index in [0.29, 0.717) is 44.0 Å². The average Bonchev–Trinajstić information content (AvgIpc) is 3.77. The average molecular weight is 884 g/mol. The van der Waals surface area contributed by atoms with Crippen LogP contribution in [-0.2, 0) is 35.0 Å².